The molecule has 3 rings (SSSR count). The van der Waals surface area contributed by atoms with E-state index in [1.807, 2.05) is 18.2 Å². The molecule has 0 radical (unpaired) electrons. The number of carbonyl (C=O) groups is 3. The predicted octanol–water partition coefficient (Wildman–Crippen LogP) is 2.97. The summed E-state index contributed by atoms with van der Waals surface area (Å²) in [6.45, 7) is 0. The summed E-state index contributed by atoms with van der Waals surface area (Å²) in [5, 5.41) is 0. The molecular weight excluding hydrogens is 276 g/mol. The van der Waals surface area contributed by atoms with Gasteiger partial charge in [-0.15, -0.1) is 0 Å². The van der Waals surface area contributed by atoms with Gasteiger partial charge in [-0.1, -0.05) is 54.7 Å². The highest BCUT2D eigenvalue weighted by atomic mass is 16.1. The fraction of sp³-hybridized carbons (Fsp3) is 0.211. The van der Waals surface area contributed by atoms with Gasteiger partial charge in [-0.05, 0) is 0 Å². The number of allylic oxidation sites excluding steroid dienone is 12. The number of hydrogen-bond acceptors (Lipinski definition) is 3. The monoisotopic (exact) mass is 292 g/mol. The fourth-order valence-electron chi connectivity index (χ4n) is 2.95. The molecule has 3 nitrogen and oxygen atoms in total. The van der Waals surface area contributed by atoms with Gasteiger partial charge >= 0.3 is 0 Å². The van der Waals surface area contributed by atoms with Crippen molar-refractivity contribution >= 4 is 17.3 Å². The first kappa shape index (κ1) is 14.4. The molecule has 3 aliphatic rings. The van der Waals surface area contributed by atoms with E-state index >= 15 is 0 Å². The topological polar surface area (TPSA) is 51.2 Å². The number of Topliss-reactive ketones (excluding diaryl/α,β-unsaturated/α-hetero) is 3. The van der Waals surface area contributed by atoms with Crippen LogP contribution in [0.3, 0.4) is 0 Å². The van der Waals surface area contributed by atoms with E-state index in [2.05, 4.69) is 0 Å². The summed E-state index contributed by atoms with van der Waals surface area (Å²) in [5.74, 6) is -0.635. The Hall–Kier alpha value is -2.55. The van der Waals surface area contributed by atoms with Crippen molar-refractivity contribution in [2.75, 3.05) is 0 Å². The SMILES string of the molecule is O=C1CC=CC=C1C(C1=CC=CCC1=O)C1=CC=CCC1=O. The maximum Gasteiger partial charge on any atom is 0.163 e. The number of rotatable bonds is 3. The lowest BCUT2D eigenvalue weighted by molar-refractivity contribution is -0.116. The van der Waals surface area contributed by atoms with Crippen molar-refractivity contribution in [3.8, 4) is 0 Å². The minimum absolute atomic E-state index is 0.0287. The van der Waals surface area contributed by atoms with Gasteiger partial charge in [0.1, 0.15) is 0 Å². The lowest BCUT2D eigenvalue weighted by atomic mass is 9.75. The van der Waals surface area contributed by atoms with Crippen LogP contribution < -0.4 is 0 Å². The fourth-order valence-corrected chi connectivity index (χ4v) is 2.95. The smallest absolute Gasteiger partial charge is 0.163 e. The van der Waals surface area contributed by atoms with Gasteiger partial charge in [-0.2, -0.15) is 0 Å². The molecule has 110 valence electrons. The van der Waals surface area contributed by atoms with E-state index in [1.54, 1.807) is 36.5 Å². The Bertz CT molecular complexity index is 624. The molecule has 0 bridgehead atoms. The van der Waals surface area contributed by atoms with Crippen LogP contribution in [-0.4, -0.2) is 17.3 Å². The van der Waals surface area contributed by atoms with Gasteiger partial charge in [0.05, 0.1) is 0 Å². The third kappa shape index (κ3) is 2.62. The van der Waals surface area contributed by atoms with Gasteiger partial charge in [0.25, 0.3) is 0 Å². The van der Waals surface area contributed by atoms with Gasteiger partial charge in [-0.25, -0.2) is 0 Å². The van der Waals surface area contributed by atoms with Crippen molar-refractivity contribution in [2.45, 2.75) is 19.3 Å². The molecule has 0 aromatic heterocycles. The highest BCUT2D eigenvalue weighted by molar-refractivity contribution is 6.09. The summed E-state index contributed by atoms with van der Waals surface area (Å²) in [4.78, 5) is 36.9. The summed E-state index contributed by atoms with van der Waals surface area (Å²) < 4.78 is 0. The van der Waals surface area contributed by atoms with Crippen molar-refractivity contribution in [3.63, 3.8) is 0 Å². The first-order valence-electron chi connectivity index (χ1n) is 7.38. The van der Waals surface area contributed by atoms with Crippen molar-refractivity contribution < 1.29 is 14.4 Å². The van der Waals surface area contributed by atoms with Crippen LogP contribution in [0.5, 0.6) is 0 Å². The Balaban J connectivity index is 2.12. The second-order valence-corrected chi connectivity index (χ2v) is 5.47. The third-order valence-corrected chi connectivity index (χ3v) is 4.04. The van der Waals surface area contributed by atoms with E-state index in [4.69, 9.17) is 0 Å². The zero-order valence-corrected chi connectivity index (χ0v) is 12.1. The Morgan fingerprint density at radius 1 is 0.591 bits per heavy atom. The van der Waals surface area contributed by atoms with Crippen LogP contribution >= 0.6 is 0 Å². The highest BCUT2D eigenvalue weighted by Crippen LogP contribution is 2.35. The van der Waals surface area contributed by atoms with Crippen LogP contribution in [-0.2, 0) is 14.4 Å². The molecule has 0 unspecified atom stereocenters. The van der Waals surface area contributed by atoms with E-state index in [-0.39, 0.29) is 17.3 Å². The molecule has 3 aliphatic carbocycles. The molecule has 0 heterocycles. The van der Waals surface area contributed by atoms with Gasteiger partial charge in [0.2, 0.25) is 0 Å². The lowest BCUT2D eigenvalue weighted by Gasteiger charge is -2.26. The standard InChI is InChI=1S/C19H16O3/c20-16-10-4-1-7-13(16)19(14-8-2-5-11-17(14)21)15-9-3-6-12-18(15)22/h1-9,19H,10-12H2. The predicted molar refractivity (Wildman–Crippen MR) is 84.0 cm³/mol. The summed E-state index contributed by atoms with van der Waals surface area (Å²) in [6, 6.07) is 0. The Kier molecular flexibility index (Phi) is 3.96. The van der Waals surface area contributed by atoms with E-state index in [9.17, 15) is 14.4 Å². The van der Waals surface area contributed by atoms with Gasteiger partial charge in [0.15, 0.2) is 17.3 Å². The van der Waals surface area contributed by atoms with E-state index < -0.39 is 5.92 Å². The van der Waals surface area contributed by atoms with Crippen LogP contribution in [0.4, 0.5) is 0 Å². The molecule has 0 fully saturated rings. The second kappa shape index (κ2) is 6.06. The largest absolute Gasteiger partial charge is 0.294 e. The Morgan fingerprint density at radius 3 is 1.18 bits per heavy atom. The van der Waals surface area contributed by atoms with Crippen LogP contribution in [0.25, 0.3) is 0 Å². The summed E-state index contributed by atoms with van der Waals surface area (Å²) in [6.07, 6.45) is 17.0. The molecule has 0 spiro atoms. The quantitative estimate of drug-likeness (QED) is 0.803. The van der Waals surface area contributed by atoms with Crippen molar-refractivity contribution in [2.24, 2.45) is 5.92 Å². The van der Waals surface area contributed by atoms with Crippen molar-refractivity contribution in [3.05, 3.63) is 71.4 Å². The molecule has 0 aromatic rings. The maximum atomic E-state index is 12.3. The van der Waals surface area contributed by atoms with Crippen LogP contribution in [0.15, 0.2) is 71.4 Å². The summed E-state index contributed by atoms with van der Waals surface area (Å²) >= 11 is 0. The first-order chi connectivity index (χ1) is 10.7. The molecule has 0 aromatic carbocycles. The zero-order chi connectivity index (χ0) is 15.5. The Morgan fingerprint density at radius 2 is 0.909 bits per heavy atom. The molecule has 0 N–H and O–H groups in total. The van der Waals surface area contributed by atoms with Crippen LogP contribution in [0.1, 0.15) is 19.3 Å². The molecule has 22 heavy (non-hydrogen) atoms. The summed E-state index contributed by atoms with van der Waals surface area (Å²) in [7, 11) is 0. The normalized spacial score (nSPS) is 21.1. The molecular formula is C19H16O3. The molecule has 0 amide bonds. The van der Waals surface area contributed by atoms with Gasteiger partial charge in [0, 0.05) is 41.9 Å². The van der Waals surface area contributed by atoms with Gasteiger partial charge in [-0.3, -0.25) is 14.4 Å². The van der Waals surface area contributed by atoms with Crippen molar-refractivity contribution in [1.82, 2.24) is 0 Å². The van der Waals surface area contributed by atoms with E-state index in [0.717, 1.165) is 0 Å². The number of carbonyl (C=O) groups excluding carboxylic acids is 3. The zero-order valence-electron chi connectivity index (χ0n) is 12.1. The highest BCUT2D eigenvalue weighted by Gasteiger charge is 2.34. The maximum absolute atomic E-state index is 12.3. The molecule has 0 atom stereocenters. The number of ketones is 3. The lowest BCUT2D eigenvalue weighted by Crippen LogP contribution is -2.27. The van der Waals surface area contributed by atoms with Crippen LogP contribution in [0.2, 0.25) is 0 Å². The number of hydrogen-bond donors (Lipinski definition) is 0. The molecule has 0 saturated heterocycles. The second-order valence-electron chi connectivity index (χ2n) is 5.47. The average molecular weight is 292 g/mol. The first-order valence-corrected chi connectivity index (χ1v) is 7.38. The minimum Gasteiger partial charge on any atom is -0.294 e. The molecule has 0 aliphatic heterocycles. The summed E-state index contributed by atoms with van der Waals surface area (Å²) in [5.41, 5.74) is 1.60. The molecule has 3 heteroatoms. The Labute approximate surface area is 129 Å². The van der Waals surface area contributed by atoms with Gasteiger partial charge < -0.3 is 0 Å². The van der Waals surface area contributed by atoms with E-state index in [0.29, 0.717) is 36.0 Å². The minimum atomic E-state index is -0.549. The van der Waals surface area contributed by atoms with E-state index in [1.165, 1.54) is 0 Å². The van der Waals surface area contributed by atoms with Crippen molar-refractivity contribution in [1.29, 1.82) is 0 Å². The molecule has 0 saturated carbocycles. The third-order valence-electron chi connectivity index (χ3n) is 4.04. The average Bonchev–Trinajstić information content (AvgIpc) is 2.53. The van der Waals surface area contributed by atoms with Crippen LogP contribution in [0, 0.1) is 5.92 Å².